The molecule has 0 aliphatic heterocycles. The predicted octanol–water partition coefficient (Wildman–Crippen LogP) is 6.45. The van der Waals surface area contributed by atoms with E-state index in [1.54, 1.807) is 21.6 Å². The van der Waals surface area contributed by atoms with Crippen molar-refractivity contribution in [3.63, 3.8) is 0 Å². The van der Waals surface area contributed by atoms with E-state index in [0.29, 0.717) is 34.2 Å². The Labute approximate surface area is 213 Å². The first-order valence-corrected chi connectivity index (χ1v) is 11.8. The Morgan fingerprint density at radius 2 is 1.67 bits per heavy atom. The molecular formula is C28H23ClFN5O. The lowest BCUT2D eigenvalue weighted by Gasteiger charge is -2.09. The highest BCUT2D eigenvalue weighted by atomic mass is 35.5. The third-order valence-corrected chi connectivity index (χ3v) is 6.33. The molecule has 0 radical (unpaired) electrons. The number of benzene rings is 3. The lowest BCUT2D eigenvalue weighted by Crippen LogP contribution is -2.14. The Hall–Kier alpha value is -4.23. The molecule has 5 rings (SSSR count). The molecule has 0 unspecified atom stereocenters. The summed E-state index contributed by atoms with van der Waals surface area (Å²) in [5.74, 6) is -0.683. The zero-order valence-corrected chi connectivity index (χ0v) is 20.5. The van der Waals surface area contributed by atoms with E-state index >= 15 is 0 Å². The molecule has 0 aliphatic carbocycles. The number of hydrogen-bond acceptors (Lipinski definition) is 3. The van der Waals surface area contributed by atoms with Gasteiger partial charge < -0.3 is 5.32 Å². The number of nitrogens with one attached hydrogen (secondary N) is 1. The fraction of sp³-hybridized carbons (Fsp3) is 0.107. The van der Waals surface area contributed by atoms with Gasteiger partial charge in [-0.25, -0.2) is 9.07 Å². The summed E-state index contributed by atoms with van der Waals surface area (Å²) in [6, 6.07) is 23.5. The number of hydrogen-bond donors (Lipinski definition) is 1. The maximum absolute atomic E-state index is 13.6. The van der Waals surface area contributed by atoms with Crippen molar-refractivity contribution >= 4 is 23.2 Å². The van der Waals surface area contributed by atoms with Gasteiger partial charge in [0, 0.05) is 16.8 Å². The van der Waals surface area contributed by atoms with Crippen LogP contribution in [0.2, 0.25) is 5.02 Å². The second-order valence-corrected chi connectivity index (χ2v) is 8.84. The van der Waals surface area contributed by atoms with Crippen LogP contribution in [0.1, 0.15) is 27.3 Å². The molecule has 6 nitrogen and oxygen atoms in total. The molecule has 2 heterocycles. The normalized spacial score (nSPS) is 11.0. The minimum Gasteiger partial charge on any atom is -0.319 e. The van der Waals surface area contributed by atoms with E-state index in [0.717, 1.165) is 22.5 Å². The first kappa shape index (κ1) is 23.5. The molecule has 2 aromatic heterocycles. The number of rotatable bonds is 6. The first-order valence-electron chi connectivity index (χ1n) is 11.4. The number of amides is 1. The van der Waals surface area contributed by atoms with Gasteiger partial charge in [0.25, 0.3) is 5.91 Å². The fourth-order valence-electron chi connectivity index (χ4n) is 4.09. The van der Waals surface area contributed by atoms with Gasteiger partial charge in [-0.05, 0) is 43.7 Å². The molecule has 3 aromatic carbocycles. The average Bonchev–Trinajstić information content (AvgIpc) is 3.44. The zero-order valence-electron chi connectivity index (χ0n) is 19.7. The minimum absolute atomic E-state index is 0.290. The first-order chi connectivity index (χ1) is 17.4. The van der Waals surface area contributed by atoms with E-state index in [2.05, 4.69) is 10.4 Å². The van der Waals surface area contributed by atoms with Crippen molar-refractivity contribution in [1.29, 1.82) is 0 Å². The minimum atomic E-state index is -0.393. The van der Waals surface area contributed by atoms with Gasteiger partial charge >= 0.3 is 0 Å². The van der Waals surface area contributed by atoms with Crippen molar-refractivity contribution in [2.75, 3.05) is 5.32 Å². The summed E-state index contributed by atoms with van der Waals surface area (Å²) in [7, 11) is 0. The Balaban J connectivity index is 1.48. The van der Waals surface area contributed by atoms with Crippen molar-refractivity contribution in [3.8, 4) is 16.9 Å². The third-order valence-electron chi connectivity index (χ3n) is 5.98. The fourth-order valence-corrected chi connectivity index (χ4v) is 4.31. The molecule has 0 saturated heterocycles. The topological polar surface area (TPSA) is 64.7 Å². The van der Waals surface area contributed by atoms with Gasteiger partial charge in [-0.15, -0.1) is 0 Å². The van der Waals surface area contributed by atoms with Crippen molar-refractivity contribution in [3.05, 3.63) is 118 Å². The molecule has 180 valence electrons. The summed E-state index contributed by atoms with van der Waals surface area (Å²) < 4.78 is 16.9. The van der Waals surface area contributed by atoms with Crippen LogP contribution in [-0.4, -0.2) is 25.5 Å². The lowest BCUT2D eigenvalue weighted by atomic mass is 10.1. The second kappa shape index (κ2) is 9.79. The van der Waals surface area contributed by atoms with Gasteiger partial charge in [0.1, 0.15) is 11.5 Å². The SMILES string of the molecule is Cc1nn(Cc2ccc(F)cc2Cl)c(C)c1NC(=O)c1cn(-c2ccccc2)nc1-c1ccccc1. The monoisotopic (exact) mass is 499 g/mol. The zero-order chi connectivity index (χ0) is 25.2. The average molecular weight is 500 g/mol. The smallest absolute Gasteiger partial charge is 0.259 e. The number of carbonyl (C=O) groups excluding carboxylic acids is 1. The van der Waals surface area contributed by atoms with Crippen LogP contribution in [-0.2, 0) is 6.54 Å². The molecule has 0 fully saturated rings. The molecule has 0 bridgehead atoms. The van der Waals surface area contributed by atoms with Crippen LogP contribution in [0.25, 0.3) is 16.9 Å². The van der Waals surface area contributed by atoms with Crippen LogP contribution in [0, 0.1) is 19.7 Å². The van der Waals surface area contributed by atoms with E-state index in [4.69, 9.17) is 16.7 Å². The summed E-state index contributed by atoms with van der Waals surface area (Å²) in [6.45, 7) is 4.05. The number of anilines is 1. The van der Waals surface area contributed by atoms with E-state index in [1.165, 1.54) is 12.1 Å². The number of carbonyl (C=O) groups is 1. The summed E-state index contributed by atoms with van der Waals surface area (Å²) in [5.41, 5.74) is 5.49. The van der Waals surface area contributed by atoms with Crippen LogP contribution < -0.4 is 5.32 Å². The van der Waals surface area contributed by atoms with Gasteiger partial charge in [-0.2, -0.15) is 10.2 Å². The Morgan fingerprint density at radius 1 is 0.972 bits per heavy atom. The number of aromatic nitrogens is 4. The van der Waals surface area contributed by atoms with Crippen molar-refractivity contribution < 1.29 is 9.18 Å². The molecule has 8 heteroatoms. The molecular weight excluding hydrogens is 477 g/mol. The predicted molar refractivity (Wildman–Crippen MR) is 139 cm³/mol. The molecule has 5 aromatic rings. The maximum atomic E-state index is 13.6. The number of halogens is 2. The second-order valence-electron chi connectivity index (χ2n) is 8.43. The van der Waals surface area contributed by atoms with Gasteiger partial charge in [-0.1, -0.05) is 66.2 Å². The number of aryl methyl sites for hydroxylation is 1. The molecule has 36 heavy (non-hydrogen) atoms. The molecule has 0 aliphatic rings. The van der Waals surface area contributed by atoms with Gasteiger partial charge in [-0.3, -0.25) is 9.48 Å². The summed E-state index contributed by atoms with van der Waals surface area (Å²) >= 11 is 6.21. The van der Waals surface area contributed by atoms with E-state index in [-0.39, 0.29) is 5.91 Å². The van der Waals surface area contributed by atoms with Gasteiger partial charge in [0.05, 0.1) is 34.9 Å². The number of nitrogens with zero attached hydrogens (tertiary/aromatic N) is 4. The molecule has 0 spiro atoms. The van der Waals surface area contributed by atoms with Crippen molar-refractivity contribution in [2.45, 2.75) is 20.4 Å². The van der Waals surface area contributed by atoms with Crippen molar-refractivity contribution in [1.82, 2.24) is 19.6 Å². The summed E-state index contributed by atoms with van der Waals surface area (Å²) in [5, 5.41) is 12.7. The van der Waals surface area contributed by atoms with Crippen LogP contribution in [0.15, 0.2) is 85.1 Å². The van der Waals surface area contributed by atoms with E-state index in [1.807, 2.05) is 74.5 Å². The van der Waals surface area contributed by atoms with Gasteiger partial charge in [0.2, 0.25) is 0 Å². The van der Waals surface area contributed by atoms with Crippen molar-refractivity contribution in [2.24, 2.45) is 0 Å². The molecule has 0 saturated carbocycles. The molecule has 1 amide bonds. The van der Waals surface area contributed by atoms with Gasteiger partial charge in [0.15, 0.2) is 0 Å². The Bertz CT molecular complexity index is 1540. The van der Waals surface area contributed by atoms with E-state index < -0.39 is 5.82 Å². The largest absolute Gasteiger partial charge is 0.319 e. The van der Waals surface area contributed by atoms with Crippen LogP contribution in [0.5, 0.6) is 0 Å². The summed E-state index contributed by atoms with van der Waals surface area (Å²) in [4.78, 5) is 13.6. The highest BCUT2D eigenvalue weighted by Crippen LogP contribution is 2.27. The Morgan fingerprint density at radius 3 is 2.36 bits per heavy atom. The standard InChI is InChI=1S/C28H23ClFN5O/c1-18-26(19(2)34(32-18)16-21-13-14-22(30)15-25(21)29)31-28(36)24-17-35(23-11-7-4-8-12-23)33-27(24)20-9-5-3-6-10-20/h3-15,17H,16H2,1-2H3,(H,31,36). The highest BCUT2D eigenvalue weighted by molar-refractivity contribution is 6.31. The van der Waals surface area contributed by atoms with Crippen LogP contribution in [0.4, 0.5) is 10.1 Å². The van der Waals surface area contributed by atoms with E-state index in [9.17, 15) is 9.18 Å². The lowest BCUT2D eigenvalue weighted by molar-refractivity contribution is 0.102. The van der Waals surface area contributed by atoms with Crippen LogP contribution in [0.3, 0.4) is 0 Å². The molecule has 1 N–H and O–H groups in total. The third kappa shape index (κ3) is 4.65. The van der Waals surface area contributed by atoms with Crippen LogP contribution >= 0.6 is 11.6 Å². The molecule has 0 atom stereocenters. The number of para-hydroxylation sites is 1. The Kier molecular flexibility index (Phi) is 6.40. The highest BCUT2D eigenvalue weighted by Gasteiger charge is 2.22. The maximum Gasteiger partial charge on any atom is 0.259 e. The summed E-state index contributed by atoms with van der Waals surface area (Å²) in [6.07, 6.45) is 1.74. The quantitative estimate of drug-likeness (QED) is 0.292.